The summed E-state index contributed by atoms with van der Waals surface area (Å²) in [7, 11) is 0. The van der Waals surface area contributed by atoms with Gasteiger partial charge < -0.3 is 15.4 Å². The van der Waals surface area contributed by atoms with E-state index in [1.165, 1.54) is 0 Å². The van der Waals surface area contributed by atoms with E-state index in [1.54, 1.807) is 0 Å². The molecule has 2 aliphatic rings. The first-order valence-corrected chi connectivity index (χ1v) is 8.61. The molecule has 2 fully saturated rings. The van der Waals surface area contributed by atoms with Crippen LogP contribution in [0.4, 0.5) is 0 Å². The van der Waals surface area contributed by atoms with E-state index in [4.69, 9.17) is 10.5 Å². The molecule has 130 valence electrons. The van der Waals surface area contributed by atoms with Crippen LogP contribution >= 0.6 is 0 Å². The van der Waals surface area contributed by atoms with Gasteiger partial charge in [0.2, 0.25) is 11.8 Å². The summed E-state index contributed by atoms with van der Waals surface area (Å²) < 4.78 is 5.94. The van der Waals surface area contributed by atoms with Crippen molar-refractivity contribution in [2.45, 2.75) is 18.9 Å². The normalized spacial score (nSPS) is 25.4. The van der Waals surface area contributed by atoms with E-state index in [0.717, 1.165) is 18.4 Å². The Bertz CT molecular complexity index is 570. The van der Waals surface area contributed by atoms with Crippen molar-refractivity contribution >= 4 is 11.8 Å². The van der Waals surface area contributed by atoms with Crippen molar-refractivity contribution in [3.8, 4) is 0 Å². The Balaban J connectivity index is 1.64. The predicted octanol–water partition coefficient (Wildman–Crippen LogP) is 0.784. The molecular formula is C18H25N3O3. The molecule has 0 unspecified atom stereocenters. The molecule has 2 aliphatic heterocycles. The molecule has 0 radical (unpaired) electrons. The standard InChI is InChI=1S/C18H25N3O3/c19-16(22)13-20-8-10-21(11-9-20)18(23)15-7-4-12-24-17(15)14-5-2-1-3-6-14/h1-3,5-6,15,17H,4,7-13H2,(H2,19,22)/t15-,17-/m1/s1. The highest BCUT2D eigenvalue weighted by molar-refractivity contribution is 5.80. The summed E-state index contributed by atoms with van der Waals surface area (Å²) in [5.41, 5.74) is 6.31. The Kier molecular flexibility index (Phi) is 5.48. The van der Waals surface area contributed by atoms with Crippen LogP contribution in [0.25, 0.3) is 0 Å². The Labute approximate surface area is 142 Å². The number of carbonyl (C=O) groups is 2. The number of nitrogens with zero attached hydrogens (tertiary/aromatic N) is 2. The number of hydrogen-bond donors (Lipinski definition) is 1. The van der Waals surface area contributed by atoms with Crippen LogP contribution in [0.1, 0.15) is 24.5 Å². The Morgan fingerprint density at radius 2 is 1.83 bits per heavy atom. The van der Waals surface area contributed by atoms with Gasteiger partial charge in [0, 0.05) is 32.8 Å². The topological polar surface area (TPSA) is 75.9 Å². The number of hydrogen-bond acceptors (Lipinski definition) is 4. The molecular weight excluding hydrogens is 306 g/mol. The molecule has 2 atom stereocenters. The molecule has 2 heterocycles. The minimum absolute atomic E-state index is 0.121. The van der Waals surface area contributed by atoms with E-state index in [9.17, 15) is 9.59 Å². The highest BCUT2D eigenvalue weighted by Gasteiger charge is 2.36. The summed E-state index contributed by atoms with van der Waals surface area (Å²) in [6.07, 6.45) is 1.62. The second-order valence-electron chi connectivity index (χ2n) is 6.52. The van der Waals surface area contributed by atoms with Crippen molar-refractivity contribution in [1.82, 2.24) is 9.80 Å². The molecule has 3 rings (SSSR count). The predicted molar refractivity (Wildman–Crippen MR) is 90.1 cm³/mol. The second kappa shape index (κ2) is 7.77. The first kappa shape index (κ1) is 16.9. The summed E-state index contributed by atoms with van der Waals surface area (Å²) in [6.45, 7) is 3.64. The number of benzene rings is 1. The van der Waals surface area contributed by atoms with Crippen LogP contribution in [0.2, 0.25) is 0 Å². The summed E-state index contributed by atoms with van der Waals surface area (Å²) >= 11 is 0. The van der Waals surface area contributed by atoms with E-state index >= 15 is 0 Å². The van der Waals surface area contributed by atoms with Crippen molar-refractivity contribution in [3.05, 3.63) is 35.9 Å². The number of nitrogens with two attached hydrogens (primary N) is 1. The van der Waals surface area contributed by atoms with Gasteiger partial charge in [0.1, 0.15) is 0 Å². The van der Waals surface area contributed by atoms with Gasteiger partial charge in [0.15, 0.2) is 0 Å². The van der Waals surface area contributed by atoms with Gasteiger partial charge in [-0.25, -0.2) is 0 Å². The number of piperazine rings is 1. The third kappa shape index (κ3) is 3.94. The van der Waals surface area contributed by atoms with Crippen molar-refractivity contribution in [2.24, 2.45) is 11.7 Å². The van der Waals surface area contributed by atoms with Crippen molar-refractivity contribution < 1.29 is 14.3 Å². The SMILES string of the molecule is NC(=O)CN1CCN(C(=O)[C@@H]2CCCO[C@@H]2c2ccccc2)CC1. The van der Waals surface area contributed by atoms with Crippen molar-refractivity contribution in [1.29, 1.82) is 0 Å². The third-order valence-corrected chi connectivity index (χ3v) is 4.83. The van der Waals surface area contributed by atoms with Gasteiger partial charge in [-0.05, 0) is 18.4 Å². The fraction of sp³-hybridized carbons (Fsp3) is 0.556. The van der Waals surface area contributed by atoms with E-state index in [2.05, 4.69) is 0 Å². The Morgan fingerprint density at radius 3 is 2.50 bits per heavy atom. The van der Waals surface area contributed by atoms with Gasteiger partial charge in [-0.15, -0.1) is 0 Å². The first-order chi connectivity index (χ1) is 11.6. The smallest absolute Gasteiger partial charge is 0.231 e. The molecule has 6 heteroatoms. The minimum Gasteiger partial charge on any atom is -0.373 e. The largest absolute Gasteiger partial charge is 0.373 e. The first-order valence-electron chi connectivity index (χ1n) is 8.61. The highest BCUT2D eigenvalue weighted by atomic mass is 16.5. The zero-order valence-electron chi connectivity index (χ0n) is 13.9. The maximum absolute atomic E-state index is 13.0. The van der Waals surface area contributed by atoms with Gasteiger partial charge in [-0.1, -0.05) is 30.3 Å². The molecule has 1 aromatic carbocycles. The molecule has 0 saturated carbocycles. The number of rotatable bonds is 4. The zero-order valence-corrected chi connectivity index (χ0v) is 13.9. The van der Waals surface area contributed by atoms with Crippen molar-refractivity contribution in [2.75, 3.05) is 39.3 Å². The molecule has 2 N–H and O–H groups in total. The second-order valence-corrected chi connectivity index (χ2v) is 6.52. The van der Waals surface area contributed by atoms with Crippen LogP contribution in [0.15, 0.2) is 30.3 Å². The maximum atomic E-state index is 13.0. The minimum atomic E-state index is -0.320. The lowest BCUT2D eigenvalue weighted by atomic mass is 9.88. The van der Waals surface area contributed by atoms with E-state index < -0.39 is 0 Å². The fourth-order valence-corrected chi connectivity index (χ4v) is 3.59. The van der Waals surface area contributed by atoms with Crippen molar-refractivity contribution in [3.63, 3.8) is 0 Å². The average molecular weight is 331 g/mol. The lowest BCUT2D eigenvalue weighted by molar-refractivity contribution is -0.147. The molecule has 24 heavy (non-hydrogen) atoms. The van der Waals surface area contributed by atoms with Crippen LogP contribution in [-0.2, 0) is 14.3 Å². The molecule has 6 nitrogen and oxygen atoms in total. The number of carbonyl (C=O) groups excluding carboxylic acids is 2. The molecule has 2 amide bonds. The quantitative estimate of drug-likeness (QED) is 0.885. The van der Waals surface area contributed by atoms with E-state index in [0.29, 0.717) is 32.8 Å². The molecule has 0 aliphatic carbocycles. The fourth-order valence-electron chi connectivity index (χ4n) is 3.59. The summed E-state index contributed by atoms with van der Waals surface area (Å²) in [4.78, 5) is 27.9. The maximum Gasteiger partial charge on any atom is 0.231 e. The highest BCUT2D eigenvalue weighted by Crippen LogP contribution is 2.35. The summed E-state index contributed by atoms with van der Waals surface area (Å²) in [6, 6.07) is 10.00. The molecule has 0 aromatic heterocycles. The number of ether oxygens (including phenoxy) is 1. The van der Waals surface area contributed by atoms with Crippen LogP contribution in [0.3, 0.4) is 0 Å². The van der Waals surface area contributed by atoms with Crippen LogP contribution in [0.5, 0.6) is 0 Å². The average Bonchev–Trinajstić information content (AvgIpc) is 2.62. The molecule has 2 saturated heterocycles. The Hall–Kier alpha value is -1.92. The monoisotopic (exact) mass is 331 g/mol. The molecule has 1 aromatic rings. The van der Waals surface area contributed by atoms with E-state index in [1.807, 2.05) is 40.1 Å². The molecule has 0 bridgehead atoms. The molecule has 0 spiro atoms. The number of primary amides is 1. The van der Waals surface area contributed by atoms with Crippen LogP contribution in [0, 0.1) is 5.92 Å². The van der Waals surface area contributed by atoms with Gasteiger partial charge in [0.05, 0.1) is 18.6 Å². The lowest BCUT2D eigenvalue weighted by Gasteiger charge is -2.39. The Morgan fingerprint density at radius 1 is 1.12 bits per heavy atom. The van der Waals surface area contributed by atoms with Crippen LogP contribution < -0.4 is 5.73 Å². The van der Waals surface area contributed by atoms with E-state index in [-0.39, 0.29) is 30.4 Å². The van der Waals surface area contributed by atoms with Gasteiger partial charge in [-0.3, -0.25) is 14.5 Å². The summed E-state index contributed by atoms with van der Waals surface area (Å²) in [5.74, 6) is -0.272. The number of amides is 2. The van der Waals surface area contributed by atoms with Gasteiger partial charge in [-0.2, -0.15) is 0 Å². The van der Waals surface area contributed by atoms with Gasteiger partial charge >= 0.3 is 0 Å². The third-order valence-electron chi connectivity index (χ3n) is 4.83. The summed E-state index contributed by atoms with van der Waals surface area (Å²) in [5, 5.41) is 0. The zero-order chi connectivity index (χ0) is 16.9. The van der Waals surface area contributed by atoms with Crippen LogP contribution in [-0.4, -0.2) is 60.9 Å². The van der Waals surface area contributed by atoms with Gasteiger partial charge in [0.25, 0.3) is 0 Å². The lowest BCUT2D eigenvalue weighted by Crippen LogP contribution is -2.52.